The van der Waals surface area contributed by atoms with Gasteiger partial charge in [-0.3, -0.25) is 9.36 Å². The summed E-state index contributed by atoms with van der Waals surface area (Å²) in [5.74, 6) is -6.65. The highest BCUT2D eigenvalue weighted by molar-refractivity contribution is 6.06. The summed E-state index contributed by atoms with van der Waals surface area (Å²) in [5.41, 5.74) is -1.24. The molecule has 1 N–H and O–H groups in total. The van der Waals surface area contributed by atoms with Gasteiger partial charge in [0.15, 0.2) is 11.6 Å². The van der Waals surface area contributed by atoms with Crippen LogP contribution < -0.4 is 5.32 Å². The number of fused-ring (bicyclic) bond motifs is 1. The molecular weight excluding hydrogens is 465 g/mol. The van der Waals surface area contributed by atoms with E-state index in [2.05, 4.69) is 38.2 Å². The number of nitrogens with zero attached hydrogens (tertiary/aromatic N) is 4. The Bertz CT molecular complexity index is 1340. The predicted octanol–water partition coefficient (Wildman–Crippen LogP) is 4.45. The quantitative estimate of drug-likeness (QED) is 0.243. The fourth-order valence-electron chi connectivity index (χ4n) is 2.89. The zero-order valence-electron chi connectivity index (χ0n) is 17.3. The normalized spacial score (nSPS) is 12.2. The predicted molar refractivity (Wildman–Crippen MR) is 110 cm³/mol. The van der Waals surface area contributed by atoms with Crippen molar-refractivity contribution in [2.45, 2.75) is 6.18 Å². The summed E-state index contributed by atoms with van der Waals surface area (Å²) < 4.78 is 73.3. The van der Waals surface area contributed by atoms with Crippen molar-refractivity contribution in [1.82, 2.24) is 19.5 Å². The van der Waals surface area contributed by atoms with Crippen LogP contribution in [-0.4, -0.2) is 38.5 Å². The Morgan fingerprint density at radius 3 is 2.41 bits per heavy atom. The number of amides is 1. The first kappa shape index (κ1) is 24.2. The molecule has 0 spiro atoms. The minimum absolute atomic E-state index is 0.0115. The summed E-state index contributed by atoms with van der Waals surface area (Å²) in [7, 11) is 1.12. The van der Waals surface area contributed by atoms with Gasteiger partial charge in [-0.05, 0) is 24.3 Å². The average molecular weight is 479 g/mol. The second-order valence-electron chi connectivity index (χ2n) is 6.51. The van der Waals surface area contributed by atoms with Gasteiger partial charge in [-0.1, -0.05) is 13.2 Å². The van der Waals surface area contributed by atoms with Crippen molar-refractivity contribution in [3.63, 3.8) is 0 Å². The fourth-order valence-corrected chi connectivity index (χ4v) is 2.89. The lowest BCUT2D eigenvalue weighted by Gasteiger charge is -2.11. The maximum atomic E-state index is 13.7. The Labute approximate surface area is 188 Å². The molecule has 13 heteroatoms. The van der Waals surface area contributed by atoms with Gasteiger partial charge in [-0.25, -0.2) is 28.5 Å². The van der Waals surface area contributed by atoms with Crippen LogP contribution in [0.5, 0.6) is 0 Å². The van der Waals surface area contributed by atoms with Gasteiger partial charge in [-0.2, -0.15) is 13.2 Å². The van der Waals surface area contributed by atoms with Gasteiger partial charge in [0.1, 0.15) is 17.2 Å². The van der Waals surface area contributed by atoms with E-state index in [1.165, 1.54) is 12.1 Å². The Balaban J connectivity index is 2.03. The zero-order chi connectivity index (χ0) is 25.2. The molecule has 34 heavy (non-hydrogen) atoms. The van der Waals surface area contributed by atoms with E-state index < -0.39 is 41.1 Å². The smallest absolute Gasteiger partial charge is 0.450 e. The third kappa shape index (κ3) is 4.67. The number of methoxy groups -OCH3 is 1. The van der Waals surface area contributed by atoms with Gasteiger partial charge < -0.3 is 10.1 Å². The molecule has 2 aromatic heterocycles. The van der Waals surface area contributed by atoms with Crippen molar-refractivity contribution < 1.29 is 36.3 Å². The molecular formula is C21H14F5N5O3. The van der Waals surface area contributed by atoms with Crippen molar-refractivity contribution >= 4 is 28.7 Å². The third-order valence-corrected chi connectivity index (χ3v) is 4.35. The monoisotopic (exact) mass is 479 g/mol. The molecule has 0 fully saturated rings. The van der Waals surface area contributed by atoms with Crippen LogP contribution in [0.4, 0.5) is 27.8 Å². The molecule has 3 rings (SSSR count). The summed E-state index contributed by atoms with van der Waals surface area (Å²) in [4.78, 5) is 35.0. The van der Waals surface area contributed by atoms with Crippen LogP contribution in [0.15, 0.2) is 67.1 Å². The van der Waals surface area contributed by atoms with E-state index in [1.807, 2.05) is 0 Å². The summed E-state index contributed by atoms with van der Waals surface area (Å²) in [6.45, 7) is 5.96. The van der Waals surface area contributed by atoms with Crippen molar-refractivity contribution in [3.8, 4) is 5.82 Å². The minimum atomic E-state index is -4.90. The standard InChI is InChI=1S/C21H14F5N5O3/c1-4-12(23)17(10(2)22)18(32)30-15-8-28-16(9-27-15)31-14-6-5-11(19(33)34-3)7-13(14)29-20(31)21(24,25)26/h4-9H,1-2H2,3H3,(H,27,30,32)/b17-12-. The SMILES string of the molecule is C=C/C(F)=C(\C(=C)F)C(=O)Nc1cnc(-n2c(C(F)(F)F)nc3cc(C(=O)OC)ccc32)cn1. The zero-order valence-corrected chi connectivity index (χ0v) is 17.3. The van der Waals surface area contributed by atoms with E-state index in [0.717, 1.165) is 25.6 Å². The lowest BCUT2D eigenvalue weighted by atomic mass is 10.2. The van der Waals surface area contributed by atoms with Crippen molar-refractivity contribution in [1.29, 1.82) is 0 Å². The third-order valence-electron chi connectivity index (χ3n) is 4.35. The van der Waals surface area contributed by atoms with E-state index in [0.29, 0.717) is 10.6 Å². The highest BCUT2D eigenvalue weighted by Gasteiger charge is 2.38. The number of nitrogens with one attached hydrogen (secondary N) is 1. The molecule has 0 saturated carbocycles. The number of anilines is 1. The second-order valence-corrected chi connectivity index (χ2v) is 6.51. The van der Waals surface area contributed by atoms with Gasteiger partial charge in [0.05, 0.1) is 36.1 Å². The lowest BCUT2D eigenvalue weighted by Crippen LogP contribution is -2.18. The molecule has 0 aliphatic rings. The number of carbonyl (C=O) groups is 2. The van der Waals surface area contributed by atoms with E-state index in [4.69, 9.17) is 0 Å². The van der Waals surface area contributed by atoms with Gasteiger partial charge in [0.2, 0.25) is 5.82 Å². The van der Waals surface area contributed by atoms with Crippen molar-refractivity contribution in [2.24, 2.45) is 0 Å². The van der Waals surface area contributed by atoms with Crippen LogP contribution in [0.2, 0.25) is 0 Å². The number of esters is 1. The van der Waals surface area contributed by atoms with Crippen LogP contribution in [0.3, 0.4) is 0 Å². The van der Waals surface area contributed by atoms with Crippen LogP contribution in [0.25, 0.3) is 16.9 Å². The van der Waals surface area contributed by atoms with Crippen LogP contribution >= 0.6 is 0 Å². The molecule has 3 aromatic rings. The van der Waals surface area contributed by atoms with Gasteiger partial charge in [-0.15, -0.1) is 0 Å². The fraction of sp³-hybridized carbons (Fsp3) is 0.0952. The molecule has 0 atom stereocenters. The molecule has 0 aliphatic carbocycles. The van der Waals surface area contributed by atoms with Crippen molar-refractivity contribution in [3.05, 3.63) is 78.4 Å². The maximum Gasteiger partial charge on any atom is 0.450 e. The topological polar surface area (TPSA) is 99.0 Å². The summed E-state index contributed by atoms with van der Waals surface area (Å²) in [6.07, 6.45) is -2.53. The van der Waals surface area contributed by atoms with E-state index >= 15 is 0 Å². The molecule has 1 amide bonds. The molecule has 0 unspecified atom stereocenters. The number of allylic oxidation sites excluding steroid dienone is 2. The largest absolute Gasteiger partial charge is 0.465 e. The number of imidazole rings is 1. The summed E-state index contributed by atoms with van der Waals surface area (Å²) >= 11 is 0. The summed E-state index contributed by atoms with van der Waals surface area (Å²) in [5, 5.41) is 2.06. The van der Waals surface area contributed by atoms with E-state index in [9.17, 15) is 31.5 Å². The van der Waals surface area contributed by atoms with Gasteiger partial charge in [0, 0.05) is 0 Å². The van der Waals surface area contributed by atoms with Gasteiger partial charge >= 0.3 is 12.1 Å². The number of benzene rings is 1. The number of carbonyl (C=O) groups excluding carboxylic acids is 2. The first-order chi connectivity index (χ1) is 16.0. The Kier molecular flexibility index (Phi) is 6.56. The number of alkyl halides is 3. The van der Waals surface area contributed by atoms with Crippen LogP contribution in [-0.2, 0) is 15.7 Å². The lowest BCUT2D eigenvalue weighted by molar-refractivity contribution is -0.145. The van der Waals surface area contributed by atoms with Gasteiger partial charge in [0.25, 0.3) is 5.91 Å². The number of aromatic nitrogens is 4. The highest BCUT2D eigenvalue weighted by Crippen LogP contribution is 2.33. The molecule has 0 bridgehead atoms. The Morgan fingerprint density at radius 1 is 1.18 bits per heavy atom. The Hall–Kier alpha value is -4.42. The molecule has 2 heterocycles. The van der Waals surface area contributed by atoms with Crippen LogP contribution in [0, 0.1) is 0 Å². The molecule has 1 aromatic carbocycles. The number of hydrogen-bond donors (Lipinski definition) is 1. The minimum Gasteiger partial charge on any atom is -0.465 e. The number of halogens is 5. The number of hydrogen-bond acceptors (Lipinski definition) is 6. The Morgan fingerprint density at radius 2 is 1.88 bits per heavy atom. The number of rotatable bonds is 6. The van der Waals surface area contributed by atoms with Crippen LogP contribution in [0.1, 0.15) is 16.2 Å². The molecule has 0 radical (unpaired) electrons. The second kappa shape index (κ2) is 9.21. The highest BCUT2D eigenvalue weighted by atomic mass is 19.4. The van der Waals surface area contributed by atoms with Crippen molar-refractivity contribution in [2.75, 3.05) is 12.4 Å². The molecule has 0 saturated heterocycles. The maximum absolute atomic E-state index is 13.7. The molecule has 0 aliphatic heterocycles. The molecule has 176 valence electrons. The first-order valence-corrected chi connectivity index (χ1v) is 9.16. The molecule has 8 nitrogen and oxygen atoms in total. The average Bonchev–Trinajstić information content (AvgIpc) is 3.18. The number of ether oxygens (including phenoxy) is 1. The first-order valence-electron chi connectivity index (χ1n) is 9.16. The summed E-state index contributed by atoms with van der Waals surface area (Å²) in [6, 6.07) is 3.60. The van der Waals surface area contributed by atoms with E-state index in [-0.39, 0.29) is 28.2 Å². The van der Waals surface area contributed by atoms with E-state index in [1.54, 1.807) is 0 Å².